The fourth-order valence-corrected chi connectivity index (χ4v) is 1.63. The summed E-state index contributed by atoms with van der Waals surface area (Å²) in [5.74, 6) is -1.26. The van der Waals surface area contributed by atoms with E-state index in [1.807, 2.05) is 0 Å². The van der Waals surface area contributed by atoms with Gasteiger partial charge in [-0.1, -0.05) is 15.9 Å². The quantitative estimate of drug-likeness (QED) is 0.619. The Labute approximate surface area is 107 Å². The van der Waals surface area contributed by atoms with Crippen LogP contribution < -0.4 is 9.47 Å². The number of halogens is 6. The number of ether oxygens (including phenoxy) is 2. The van der Waals surface area contributed by atoms with E-state index in [9.17, 15) is 22.0 Å². The summed E-state index contributed by atoms with van der Waals surface area (Å²) in [7, 11) is 1.15. The Kier molecular flexibility index (Phi) is 4.71. The molecule has 0 spiro atoms. The number of nitrogens with zero attached hydrogens (tertiary/aromatic N) is 1. The number of methoxy groups -OCH3 is 1. The highest BCUT2D eigenvalue weighted by molar-refractivity contribution is 9.08. The largest absolute Gasteiger partial charge is 0.573 e. The van der Waals surface area contributed by atoms with Gasteiger partial charge in [-0.05, 0) is 0 Å². The molecular formula is C9H7BrF5NO2. The molecule has 18 heavy (non-hydrogen) atoms. The minimum absolute atomic E-state index is 0.155. The number of hydrogen-bond donors (Lipinski definition) is 0. The van der Waals surface area contributed by atoms with Gasteiger partial charge in [0.15, 0.2) is 0 Å². The monoisotopic (exact) mass is 335 g/mol. The molecule has 0 atom stereocenters. The Balaban J connectivity index is 3.34. The Morgan fingerprint density at radius 1 is 1.39 bits per heavy atom. The minimum Gasteiger partial charge on any atom is -0.481 e. The number of alkyl halides is 6. The van der Waals surface area contributed by atoms with Gasteiger partial charge in [-0.15, -0.1) is 13.2 Å². The summed E-state index contributed by atoms with van der Waals surface area (Å²) in [6.45, 7) is 0. The standard InChI is InChI=1S/C9H7BrF5NO2/c1-17-6-2-5(18-9(13,14)15)7(8(11)12)4(3-10)16-6/h2,8H,3H2,1H3. The Bertz CT molecular complexity index is 424. The first kappa shape index (κ1) is 14.9. The molecule has 1 aromatic heterocycles. The van der Waals surface area contributed by atoms with Crippen molar-refractivity contribution in [1.82, 2.24) is 4.98 Å². The second kappa shape index (κ2) is 5.68. The molecule has 0 aliphatic carbocycles. The van der Waals surface area contributed by atoms with Crippen molar-refractivity contribution in [3.63, 3.8) is 0 Å². The van der Waals surface area contributed by atoms with Crippen LogP contribution in [0.5, 0.6) is 11.6 Å². The Hall–Kier alpha value is -1.12. The van der Waals surface area contributed by atoms with Crippen LogP contribution in [0.25, 0.3) is 0 Å². The van der Waals surface area contributed by atoms with Crippen molar-refractivity contribution in [1.29, 1.82) is 0 Å². The average Bonchev–Trinajstić information content (AvgIpc) is 2.25. The second-order valence-electron chi connectivity index (χ2n) is 3.01. The van der Waals surface area contributed by atoms with Crippen molar-refractivity contribution in [2.24, 2.45) is 0 Å². The van der Waals surface area contributed by atoms with Crippen LogP contribution in [-0.2, 0) is 5.33 Å². The lowest BCUT2D eigenvalue weighted by molar-refractivity contribution is -0.275. The van der Waals surface area contributed by atoms with Crippen LogP contribution in [0.1, 0.15) is 17.7 Å². The molecule has 1 aromatic rings. The van der Waals surface area contributed by atoms with Crippen LogP contribution in [0, 0.1) is 0 Å². The molecule has 102 valence electrons. The molecular weight excluding hydrogens is 329 g/mol. The highest BCUT2D eigenvalue weighted by atomic mass is 79.9. The van der Waals surface area contributed by atoms with Crippen LogP contribution in [0.4, 0.5) is 22.0 Å². The van der Waals surface area contributed by atoms with Crippen molar-refractivity contribution >= 4 is 15.9 Å². The van der Waals surface area contributed by atoms with Gasteiger partial charge in [-0.2, -0.15) is 0 Å². The first-order chi connectivity index (χ1) is 8.28. The van der Waals surface area contributed by atoms with Crippen LogP contribution >= 0.6 is 15.9 Å². The third-order valence-corrected chi connectivity index (χ3v) is 2.39. The molecule has 1 rings (SSSR count). The maximum atomic E-state index is 12.7. The highest BCUT2D eigenvalue weighted by Crippen LogP contribution is 2.37. The maximum Gasteiger partial charge on any atom is 0.573 e. The summed E-state index contributed by atoms with van der Waals surface area (Å²) in [5, 5.41) is -0.155. The third kappa shape index (κ3) is 3.69. The normalized spacial score (nSPS) is 11.8. The fraction of sp³-hybridized carbons (Fsp3) is 0.444. The molecule has 0 saturated carbocycles. The molecule has 0 saturated heterocycles. The van der Waals surface area contributed by atoms with Crippen molar-refractivity contribution < 1.29 is 31.4 Å². The summed E-state index contributed by atoms with van der Waals surface area (Å²) in [6, 6.07) is 0.668. The van der Waals surface area contributed by atoms with Crippen molar-refractivity contribution in [3.05, 3.63) is 17.3 Å². The topological polar surface area (TPSA) is 31.4 Å². The molecule has 0 radical (unpaired) electrons. The zero-order chi connectivity index (χ0) is 13.9. The summed E-state index contributed by atoms with van der Waals surface area (Å²) < 4.78 is 70.0. The van der Waals surface area contributed by atoms with E-state index in [1.54, 1.807) is 0 Å². The fourth-order valence-electron chi connectivity index (χ4n) is 1.21. The highest BCUT2D eigenvalue weighted by Gasteiger charge is 2.34. The van der Waals surface area contributed by atoms with E-state index in [-0.39, 0.29) is 16.9 Å². The molecule has 0 aliphatic rings. The summed E-state index contributed by atoms with van der Waals surface area (Å²) in [5.41, 5.74) is -1.19. The molecule has 3 nitrogen and oxygen atoms in total. The van der Waals surface area contributed by atoms with Crippen molar-refractivity contribution in [2.45, 2.75) is 18.1 Å². The van der Waals surface area contributed by atoms with E-state index in [2.05, 4.69) is 30.4 Å². The molecule has 0 unspecified atom stereocenters. The number of hydrogen-bond acceptors (Lipinski definition) is 3. The van der Waals surface area contributed by atoms with Gasteiger partial charge in [0.25, 0.3) is 6.43 Å². The summed E-state index contributed by atoms with van der Waals surface area (Å²) >= 11 is 2.87. The second-order valence-corrected chi connectivity index (χ2v) is 3.57. The molecule has 0 fully saturated rings. The van der Waals surface area contributed by atoms with E-state index in [0.717, 1.165) is 7.11 Å². The molecule has 0 aliphatic heterocycles. The van der Waals surface area contributed by atoms with Crippen LogP contribution in [-0.4, -0.2) is 18.5 Å². The first-order valence-corrected chi connectivity index (χ1v) is 5.58. The zero-order valence-corrected chi connectivity index (χ0v) is 10.5. The predicted molar refractivity (Wildman–Crippen MR) is 55.1 cm³/mol. The van der Waals surface area contributed by atoms with Crippen LogP contribution in [0.15, 0.2) is 6.07 Å². The van der Waals surface area contributed by atoms with Crippen molar-refractivity contribution in [3.8, 4) is 11.6 Å². The summed E-state index contributed by atoms with van der Waals surface area (Å²) in [4.78, 5) is 3.63. The Morgan fingerprint density at radius 3 is 2.39 bits per heavy atom. The van der Waals surface area contributed by atoms with E-state index in [1.165, 1.54) is 0 Å². The van der Waals surface area contributed by atoms with Gasteiger partial charge in [0.2, 0.25) is 5.88 Å². The van der Waals surface area contributed by atoms with Gasteiger partial charge < -0.3 is 9.47 Å². The molecule has 0 bridgehead atoms. The average molecular weight is 336 g/mol. The predicted octanol–water partition coefficient (Wildman–Crippen LogP) is 3.82. The molecule has 1 heterocycles. The minimum atomic E-state index is -5.07. The van der Waals surface area contributed by atoms with Gasteiger partial charge >= 0.3 is 6.36 Å². The molecule has 9 heteroatoms. The lowest BCUT2D eigenvalue weighted by atomic mass is 10.2. The van der Waals surface area contributed by atoms with E-state index < -0.39 is 24.1 Å². The van der Waals surface area contributed by atoms with Crippen molar-refractivity contribution in [2.75, 3.05) is 7.11 Å². The molecule has 0 aromatic carbocycles. The Morgan fingerprint density at radius 2 is 2.00 bits per heavy atom. The zero-order valence-electron chi connectivity index (χ0n) is 8.89. The van der Waals surface area contributed by atoms with Crippen LogP contribution in [0.2, 0.25) is 0 Å². The van der Waals surface area contributed by atoms with Gasteiger partial charge in [0, 0.05) is 11.4 Å². The van der Waals surface area contributed by atoms with Gasteiger partial charge in [-0.25, -0.2) is 13.8 Å². The maximum absolute atomic E-state index is 12.7. The van der Waals surface area contributed by atoms with Crippen LogP contribution in [0.3, 0.4) is 0 Å². The van der Waals surface area contributed by atoms with Gasteiger partial charge in [-0.3, -0.25) is 0 Å². The lowest BCUT2D eigenvalue weighted by Crippen LogP contribution is -2.19. The van der Waals surface area contributed by atoms with E-state index in [0.29, 0.717) is 6.07 Å². The van der Waals surface area contributed by atoms with Gasteiger partial charge in [0.05, 0.1) is 18.4 Å². The van der Waals surface area contributed by atoms with Gasteiger partial charge in [0.1, 0.15) is 5.75 Å². The molecule has 0 amide bonds. The SMILES string of the molecule is COc1cc(OC(F)(F)F)c(C(F)F)c(CBr)n1. The number of rotatable bonds is 4. The molecule has 0 N–H and O–H groups in total. The lowest BCUT2D eigenvalue weighted by Gasteiger charge is -2.16. The number of pyridine rings is 1. The first-order valence-electron chi connectivity index (χ1n) is 4.46. The number of aromatic nitrogens is 1. The smallest absolute Gasteiger partial charge is 0.481 e. The van der Waals surface area contributed by atoms with E-state index >= 15 is 0 Å². The van der Waals surface area contributed by atoms with E-state index in [4.69, 9.17) is 0 Å². The summed E-state index contributed by atoms with van der Waals surface area (Å²) in [6.07, 6.45) is -8.21. The third-order valence-electron chi connectivity index (χ3n) is 1.86.